The Morgan fingerprint density at radius 3 is 2.59 bits per heavy atom. The molecule has 2 aromatic heterocycles. The van der Waals surface area contributed by atoms with Gasteiger partial charge < -0.3 is 0 Å². The van der Waals surface area contributed by atoms with Crippen LogP contribution in [0, 0.1) is 0 Å². The SMILES string of the molecule is CC(NS(=O)(=O)c1ccc(C2CC2)s1)c1ccn(C(C)C)n1. The van der Waals surface area contributed by atoms with Gasteiger partial charge in [-0.3, -0.25) is 4.68 Å². The van der Waals surface area contributed by atoms with Crippen molar-refractivity contribution in [3.63, 3.8) is 0 Å². The quantitative estimate of drug-likeness (QED) is 0.877. The number of hydrogen-bond donors (Lipinski definition) is 1. The van der Waals surface area contributed by atoms with Crippen LogP contribution in [0.25, 0.3) is 0 Å². The predicted molar refractivity (Wildman–Crippen MR) is 87.6 cm³/mol. The predicted octanol–water partition coefficient (Wildman–Crippen LogP) is 3.44. The topological polar surface area (TPSA) is 64.0 Å². The smallest absolute Gasteiger partial charge is 0.250 e. The van der Waals surface area contributed by atoms with E-state index in [1.54, 1.807) is 6.07 Å². The van der Waals surface area contributed by atoms with Gasteiger partial charge in [-0.05, 0) is 57.7 Å². The zero-order valence-electron chi connectivity index (χ0n) is 13.0. The van der Waals surface area contributed by atoms with E-state index in [0.717, 1.165) is 5.69 Å². The standard InChI is InChI=1S/C15H21N3O2S2/c1-10(2)18-9-8-13(16-18)11(3)17-22(19,20)15-7-6-14(21-15)12-4-5-12/h6-12,17H,4-5H2,1-3H3. The molecule has 0 amide bonds. The Morgan fingerprint density at radius 1 is 1.27 bits per heavy atom. The van der Waals surface area contributed by atoms with Crippen molar-refractivity contribution >= 4 is 21.4 Å². The van der Waals surface area contributed by atoms with E-state index in [-0.39, 0.29) is 12.1 Å². The fourth-order valence-electron chi connectivity index (χ4n) is 2.29. The molecule has 7 heteroatoms. The number of aromatic nitrogens is 2. The van der Waals surface area contributed by atoms with Crippen molar-refractivity contribution in [2.75, 3.05) is 0 Å². The highest BCUT2D eigenvalue weighted by molar-refractivity contribution is 7.91. The second kappa shape index (κ2) is 5.79. The van der Waals surface area contributed by atoms with Gasteiger partial charge in [0.2, 0.25) is 0 Å². The summed E-state index contributed by atoms with van der Waals surface area (Å²) in [5.74, 6) is 0.577. The molecule has 2 aromatic rings. The Labute approximate surface area is 135 Å². The lowest BCUT2D eigenvalue weighted by molar-refractivity contribution is 0.514. The second-order valence-electron chi connectivity index (χ2n) is 6.09. The molecular formula is C15H21N3O2S2. The molecule has 0 aromatic carbocycles. The maximum Gasteiger partial charge on any atom is 0.250 e. The van der Waals surface area contributed by atoms with Crippen molar-refractivity contribution in [3.05, 3.63) is 35.0 Å². The van der Waals surface area contributed by atoms with Crippen LogP contribution in [0.1, 0.15) is 62.2 Å². The largest absolute Gasteiger partial charge is 0.270 e. The summed E-state index contributed by atoms with van der Waals surface area (Å²) in [4.78, 5) is 1.18. The van der Waals surface area contributed by atoms with Crippen LogP contribution in [0.5, 0.6) is 0 Å². The van der Waals surface area contributed by atoms with Gasteiger partial charge in [-0.2, -0.15) is 5.10 Å². The van der Waals surface area contributed by atoms with Gasteiger partial charge >= 0.3 is 0 Å². The third kappa shape index (κ3) is 3.26. The third-order valence-electron chi connectivity index (χ3n) is 3.78. The fraction of sp³-hybridized carbons (Fsp3) is 0.533. The van der Waals surface area contributed by atoms with Gasteiger partial charge in [0.05, 0.1) is 11.7 Å². The number of hydrogen-bond acceptors (Lipinski definition) is 4. The summed E-state index contributed by atoms with van der Waals surface area (Å²) in [5.41, 5.74) is 0.733. The highest BCUT2D eigenvalue weighted by atomic mass is 32.2. The van der Waals surface area contributed by atoms with E-state index < -0.39 is 10.0 Å². The maximum atomic E-state index is 12.5. The summed E-state index contributed by atoms with van der Waals surface area (Å²) in [7, 11) is -3.48. The molecule has 1 atom stereocenters. The minimum atomic E-state index is -3.48. The number of nitrogens with zero attached hydrogens (tertiary/aromatic N) is 2. The number of thiophene rings is 1. The third-order valence-corrected chi connectivity index (χ3v) is 7.06. The minimum absolute atomic E-state index is 0.260. The van der Waals surface area contributed by atoms with Crippen LogP contribution in [-0.4, -0.2) is 18.2 Å². The molecule has 1 aliphatic carbocycles. The van der Waals surface area contributed by atoms with Crippen molar-refractivity contribution < 1.29 is 8.42 Å². The van der Waals surface area contributed by atoms with Crippen LogP contribution >= 0.6 is 11.3 Å². The van der Waals surface area contributed by atoms with Crippen molar-refractivity contribution in [1.29, 1.82) is 0 Å². The van der Waals surface area contributed by atoms with E-state index in [9.17, 15) is 8.42 Å². The molecular weight excluding hydrogens is 318 g/mol. The summed E-state index contributed by atoms with van der Waals surface area (Å²) in [6, 6.07) is 5.42. The van der Waals surface area contributed by atoms with Crippen LogP contribution in [0.3, 0.4) is 0 Å². The first kappa shape index (κ1) is 15.7. The van der Waals surface area contributed by atoms with E-state index >= 15 is 0 Å². The van der Waals surface area contributed by atoms with Gasteiger partial charge in [-0.25, -0.2) is 13.1 Å². The van der Waals surface area contributed by atoms with E-state index in [1.807, 2.05) is 43.8 Å². The number of rotatable bonds is 6. The van der Waals surface area contributed by atoms with Crippen molar-refractivity contribution in [3.8, 4) is 0 Å². The average Bonchev–Trinajstić information content (AvgIpc) is 2.99. The Bertz CT molecular complexity index is 757. The summed E-state index contributed by atoms with van der Waals surface area (Å²) >= 11 is 1.38. The molecule has 1 N–H and O–H groups in total. The average molecular weight is 339 g/mol. The molecule has 1 unspecified atom stereocenters. The van der Waals surface area contributed by atoms with Gasteiger partial charge in [0, 0.05) is 17.1 Å². The van der Waals surface area contributed by atoms with Crippen molar-refractivity contribution in [1.82, 2.24) is 14.5 Å². The zero-order chi connectivity index (χ0) is 15.9. The normalized spacial score (nSPS) is 17.1. The molecule has 0 saturated heterocycles. The first-order valence-electron chi connectivity index (χ1n) is 7.54. The first-order valence-corrected chi connectivity index (χ1v) is 9.84. The van der Waals surface area contributed by atoms with Crippen LogP contribution in [0.15, 0.2) is 28.6 Å². The monoisotopic (exact) mass is 339 g/mol. The van der Waals surface area contributed by atoms with E-state index in [4.69, 9.17) is 0 Å². The van der Waals surface area contributed by atoms with E-state index in [0.29, 0.717) is 10.1 Å². The molecule has 5 nitrogen and oxygen atoms in total. The zero-order valence-corrected chi connectivity index (χ0v) is 14.6. The molecule has 0 aliphatic heterocycles. The molecule has 0 spiro atoms. The molecule has 3 rings (SSSR count). The van der Waals surface area contributed by atoms with Gasteiger partial charge in [0.15, 0.2) is 0 Å². The minimum Gasteiger partial charge on any atom is -0.270 e. The van der Waals surface area contributed by atoms with Gasteiger partial charge in [0.25, 0.3) is 10.0 Å². The molecule has 1 saturated carbocycles. The summed E-state index contributed by atoms with van der Waals surface area (Å²) in [5, 5.41) is 4.42. The molecule has 0 bridgehead atoms. The lowest BCUT2D eigenvalue weighted by Crippen LogP contribution is -2.26. The second-order valence-corrected chi connectivity index (χ2v) is 9.14. The molecule has 1 fully saturated rings. The molecule has 22 heavy (non-hydrogen) atoms. The van der Waals surface area contributed by atoms with Crippen LogP contribution in [0.2, 0.25) is 0 Å². The van der Waals surface area contributed by atoms with Crippen LogP contribution in [-0.2, 0) is 10.0 Å². The fourth-order valence-corrected chi connectivity index (χ4v) is 5.02. The first-order chi connectivity index (χ1) is 10.4. The molecule has 0 radical (unpaired) electrons. The number of sulfonamides is 1. The van der Waals surface area contributed by atoms with Gasteiger partial charge in [0.1, 0.15) is 4.21 Å². The lowest BCUT2D eigenvalue weighted by Gasteiger charge is -2.11. The van der Waals surface area contributed by atoms with Gasteiger partial charge in [-0.15, -0.1) is 11.3 Å². The van der Waals surface area contributed by atoms with Crippen molar-refractivity contribution in [2.24, 2.45) is 0 Å². The van der Waals surface area contributed by atoms with Crippen LogP contribution in [0.4, 0.5) is 0 Å². The Balaban J connectivity index is 1.74. The van der Waals surface area contributed by atoms with Gasteiger partial charge in [-0.1, -0.05) is 0 Å². The Morgan fingerprint density at radius 2 is 2.00 bits per heavy atom. The lowest BCUT2D eigenvalue weighted by atomic mass is 10.3. The number of nitrogens with one attached hydrogen (secondary N) is 1. The van der Waals surface area contributed by atoms with Crippen LogP contribution < -0.4 is 4.72 Å². The summed E-state index contributed by atoms with van der Waals surface area (Å²) < 4.78 is 29.9. The highest BCUT2D eigenvalue weighted by Gasteiger charge is 2.28. The molecule has 1 aliphatic rings. The molecule has 2 heterocycles. The van der Waals surface area contributed by atoms with E-state index in [2.05, 4.69) is 9.82 Å². The Hall–Kier alpha value is -1.18. The summed E-state index contributed by atoms with van der Waals surface area (Å²) in [6.45, 7) is 5.90. The Kier molecular flexibility index (Phi) is 4.13. The van der Waals surface area contributed by atoms with E-state index in [1.165, 1.54) is 29.1 Å². The highest BCUT2D eigenvalue weighted by Crippen LogP contribution is 2.44. The summed E-state index contributed by atoms with van der Waals surface area (Å²) in [6.07, 6.45) is 4.23. The van der Waals surface area contributed by atoms with Crippen molar-refractivity contribution in [2.45, 2.75) is 55.8 Å². The molecule has 120 valence electrons. The maximum absolute atomic E-state index is 12.5.